The summed E-state index contributed by atoms with van der Waals surface area (Å²) >= 11 is 0. The Kier molecular flexibility index (Phi) is 9.86. The second-order valence-corrected chi connectivity index (χ2v) is 17.7. The summed E-state index contributed by atoms with van der Waals surface area (Å²) in [6, 6.07) is 12.1. The van der Waals surface area contributed by atoms with E-state index in [1.807, 2.05) is 24.4 Å². The zero-order valence-electron chi connectivity index (χ0n) is 32.2. The molecule has 0 atom stereocenters. The van der Waals surface area contributed by atoms with Gasteiger partial charge in [0.2, 0.25) is 5.91 Å². The SMILES string of the molecule is CC(C)n1nc(N2CCC(N3CCN(Cc4cccc(N5CCC(=O)NC5=O)c4)CC3)CC2)c2cnc(Nc3ccnc(-c4cnn(S(=O)(=O)C5CC5)c4)n3)cc21. The van der Waals surface area contributed by atoms with E-state index in [4.69, 9.17) is 10.1 Å². The molecule has 298 valence electrons. The topological polar surface area (TPSA) is 180 Å². The summed E-state index contributed by atoms with van der Waals surface area (Å²) < 4.78 is 28.4. The average molecular weight is 794 g/mol. The number of piperidine rings is 1. The monoisotopic (exact) mass is 793 g/mol. The smallest absolute Gasteiger partial charge is 0.328 e. The number of imide groups is 1. The Morgan fingerprint density at radius 1 is 0.912 bits per heavy atom. The molecule has 0 unspecified atom stereocenters. The van der Waals surface area contributed by atoms with Crippen molar-refractivity contribution in [2.45, 2.75) is 69.8 Å². The molecule has 57 heavy (non-hydrogen) atoms. The summed E-state index contributed by atoms with van der Waals surface area (Å²) in [5, 5.41) is 15.6. The maximum absolute atomic E-state index is 12.6. The molecule has 0 spiro atoms. The molecular formula is C39H47N13O4S. The molecule has 0 bridgehead atoms. The van der Waals surface area contributed by atoms with Crippen LogP contribution in [0, 0.1) is 0 Å². The molecule has 17 nitrogen and oxygen atoms in total. The highest BCUT2D eigenvalue weighted by Gasteiger charge is 2.38. The minimum Gasteiger partial charge on any atom is -0.354 e. The van der Waals surface area contributed by atoms with E-state index >= 15 is 0 Å². The van der Waals surface area contributed by atoms with Crippen LogP contribution in [0.2, 0.25) is 0 Å². The number of carbonyl (C=O) groups excluding carboxylic acids is 2. The number of benzene rings is 1. The molecule has 4 fully saturated rings. The molecule has 2 N–H and O–H groups in total. The predicted octanol–water partition coefficient (Wildman–Crippen LogP) is 3.98. The molecule has 18 heteroatoms. The number of nitrogens with zero attached hydrogens (tertiary/aromatic N) is 11. The summed E-state index contributed by atoms with van der Waals surface area (Å²) in [5.74, 6) is 2.24. The first-order chi connectivity index (χ1) is 27.6. The summed E-state index contributed by atoms with van der Waals surface area (Å²) in [6.45, 7) is 11.3. The fourth-order valence-electron chi connectivity index (χ4n) is 8.11. The van der Waals surface area contributed by atoms with Crippen molar-refractivity contribution in [3.05, 3.63) is 66.7 Å². The highest BCUT2D eigenvalue weighted by molar-refractivity contribution is 7.90. The molecule has 1 saturated carbocycles. The van der Waals surface area contributed by atoms with Crippen LogP contribution in [0.4, 0.5) is 27.9 Å². The summed E-state index contributed by atoms with van der Waals surface area (Å²) in [7, 11) is -3.48. The number of anilines is 4. The van der Waals surface area contributed by atoms with Gasteiger partial charge in [-0.15, -0.1) is 0 Å². The first-order valence-corrected chi connectivity index (χ1v) is 21.3. The summed E-state index contributed by atoms with van der Waals surface area (Å²) in [5.41, 5.74) is 3.49. The van der Waals surface area contributed by atoms with E-state index in [2.05, 4.69) is 71.1 Å². The van der Waals surface area contributed by atoms with Gasteiger partial charge in [0, 0.05) is 95.0 Å². The van der Waals surface area contributed by atoms with Crippen LogP contribution in [-0.2, 0) is 21.4 Å². The van der Waals surface area contributed by atoms with Crippen molar-refractivity contribution in [1.82, 2.24) is 49.0 Å². The summed E-state index contributed by atoms with van der Waals surface area (Å²) in [4.78, 5) is 46.9. The van der Waals surface area contributed by atoms with Crippen LogP contribution in [0.5, 0.6) is 0 Å². The van der Waals surface area contributed by atoms with Crippen LogP contribution in [0.3, 0.4) is 0 Å². The van der Waals surface area contributed by atoms with Crippen molar-refractivity contribution in [2.75, 3.05) is 60.9 Å². The van der Waals surface area contributed by atoms with Gasteiger partial charge < -0.3 is 10.2 Å². The number of piperazine rings is 1. The molecule has 0 radical (unpaired) electrons. The van der Waals surface area contributed by atoms with Gasteiger partial charge in [-0.1, -0.05) is 12.1 Å². The highest BCUT2D eigenvalue weighted by atomic mass is 32.2. The van der Waals surface area contributed by atoms with E-state index in [0.29, 0.717) is 54.9 Å². The lowest BCUT2D eigenvalue weighted by atomic mass is 10.0. The molecule has 3 saturated heterocycles. The number of amides is 3. The standard InChI is InChI=1S/C39H47N13O4S/c1-26(2)52-33-21-35(43-34-8-12-40-37(44-34)28-22-42-51(25-28)57(55,56)31-6-7-31)41-23-32(33)38(46-52)49-13-9-29(10-14-49)48-18-16-47(17-19-48)24-27-4-3-5-30(20-27)50-15-11-36(53)45-39(50)54/h3-5,8,12,20-23,25-26,29,31H,6-7,9-11,13-19,24H2,1-2H3,(H,45,53,54)(H,40,41,43,44). The summed E-state index contributed by atoms with van der Waals surface area (Å²) in [6.07, 6.45) is 10.2. The van der Waals surface area contributed by atoms with Gasteiger partial charge in [0.05, 0.1) is 34.1 Å². The van der Waals surface area contributed by atoms with E-state index in [0.717, 1.165) is 90.7 Å². The molecule has 4 aromatic heterocycles. The van der Waals surface area contributed by atoms with Gasteiger partial charge in [0.25, 0.3) is 10.0 Å². The van der Waals surface area contributed by atoms with Crippen molar-refractivity contribution in [2.24, 2.45) is 0 Å². The molecule has 3 amide bonds. The van der Waals surface area contributed by atoms with Crippen molar-refractivity contribution < 1.29 is 18.0 Å². The number of carbonyl (C=O) groups is 2. The zero-order chi connectivity index (χ0) is 39.3. The van der Waals surface area contributed by atoms with E-state index in [1.165, 1.54) is 12.4 Å². The van der Waals surface area contributed by atoms with Gasteiger partial charge in [0.1, 0.15) is 11.6 Å². The fraction of sp³-hybridized carbons (Fsp3) is 0.462. The van der Waals surface area contributed by atoms with Crippen molar-refractivity contribution in [3.8, 4) is 11.4 Å². The maximum atomic E-state index is 12.6. The number of fused-ring (bicyclic) bond motifs is 1. The zero-order valence-corrected chi connectivity index (χ0v) is 33.0. The Morgan fingerprint density at radius 3 is 2.47 bits per heavy atom. The maximum Gasteiger partial charge on any atom is 0.328 e. The van der Waals surface area contributed by atoms with Crippen LogP contribution in [-0.4, -0.2) is 121 Å². The largest absolute Gasteiger partial charge is 0.354 e. The third kappa shape index (κ3) is 7.68. The molecule has 1 aliphatic carbocycles. The van der Waals surface area contributed by atoms with Crippen LogP contribution in [0.1, 0.15) is 57.6 Å². The second kappa shape index (κ2) is 15.1. The number of rotatable bonds is 11. The quantitative estimate of drug-likeness (QED) is 0.196. The number of hydrogen-bond donors (Lipinski definition) is 2. The normalized spacial score (nSPS) is 19.1. The Hall–Kier alpha value is -5.46. The Bertz CT molecular complexity index is 2410. The highest BCUT2D eigenvalue weighted by Crippen LogP contribution is 2.33. The lowest BCUT2D eigenvalue weighted by Crippen LogP contribution is -2.53. The number of aromatic nitrogens is 7. The van der Waals surface area contributed by atoms with Gasteiger partial charge in [0.15, 0.2) is 11.6 Å². The molecular weight excluding hydrogens is 747 g/mol. The van der Waals surface area contributed by atoms with Gasteiger partial charge >= 0.3 is 6.03 Å². The second-order valence-electron chi connectivity index (χ2n) is 15.6. The van der Waals surface area contributed by atoms with Crippen LogP contribution in [0.25, 0.3) is 22.3 Å². The van der Waals surface area contributed by atoms with Gasteiger partial charge in [-0.05, 0) is 63.3 Å². The van der Waals surface area contributed by atoms with Crippen LogP contribution >= 0.6 is 0 Å². The Labute approximate surface area is 331 Å². The van der Waals surface area contributed by atoms with E-state index in [1.54, 1.807) is 17.2 Å². The number of pyridine rings is 1. The molecule has 3 aliphatic heterocycles. The Balaban J connectivity index is 0.814. The first-order valence-electron chi connectivity index (χ1n) is 19.8. The number of urea groups is 1. The van der Waals surface area contributed by atoms with E-state index < -0.39 is 10.0 Å². The third-order valence-corrected chi connectivity index (χ3v) is 13.4. The van der Waals surface area contributed by atoms with Crippen molar-refractivity contribution in [1.29, 1.82) is 0 Å². The molecule has 7 heterocycles. The predicted molar refractivity (Wildman–Crippen MR) is 216 cm³/mol. The number of hydrogen-bond acceptors (Lipinski definition) is 13. The first kappa shape index (κ1) is 37.1. The fourth-order valence-corrected chi connectivity index (χ4v) is 9.59. The van der Waals surface area contributed by atoms with Crippen LogP contribution in [0.15, 0.2) is 61.2 Å². The van der Waals surface area contributed by atoms with Crippen LogP contribution < -0.4 is 20.4 Å². The minimum atomic E-state index is -3.48. The van der Waals surface area contributed by atoms with Gasteiger partial charge in [-0.25, -0.2) is 28.2 Å². The molecule has 9 rings (SSSR count). The average Bonchev–Trinajstić information content (AvgIpc) is 3.83. The lowest BCUT2D eigenvalue weighted by molar-refractivity contribution is -0.120. The van der Waals surface area contributed by atoms with E-state index in [-0.39, 0.29) is 23.2 Å². The van der Waals surface area contributed by atoms with Crippen molar-refractivity contribution in [3.63, 3.8) is 0 Å². The minimum absolute atomic E-state index is 0.136. The van der Waals surface area contributed by atoms with E-state index in [9.17, 15) is 18.0 Å². The number of nitrogens with one attached hydrogen (secondary N) is 2. The molecule has 4 aliphatic rings. The molecule has 5 aromatic rings. The molecule has 1 aromatic carbocycles. The third-order valence-electron chi connectivity index (χ3n) is 11.4. The van der Waals surface area contributed by atoms with Crippen molar-refractivity contribution >= 4 is 56.0 Å². The lowest BCUT2D eigenvalue weighted by Gasteiger charge is -2.43. The Morgan fingerprint density at radius 2 is 1.72 bits per heavy atom. The van der Waals surface area contributed by atoms with Gasteiger partial charge in [-0.3, -0.25) is 29.5 Å². The van der Waals surface area contributed by atoms with Gasteiger partial charge in [-0.2, -0.15) is 14.3 Å².